The van der Waals surface area contributed by atoms with Gasteiger partial charge >= 0.3 is 0 Å². The van der Waals surface area contributed by atoms with Crippen molar-refractivity contribution in [2.24, 2.45) is 0 Å². The van der Waals surface area contributed by atoms with Crippen LogP contribution in [0.3, 0.4) is 0 Å². The number of aryl methyl sites for hydroxylation is 2. The molecule has 2 aromatic carbocycles. The summed E-state index contributed by atoms with van der Waals surface area (Å²) in [5.74, 6) is 1.58. The fraction of sp³-hybridized carbons (Fsp3) is 0.500. The maximum Gasteiger partial charge on any atom is 0.0345 e. The maximum absolute atomic E-state index is 2.36. The monoisotopic (exact) mass is 349 g/mol. The van der Waals surface area contributed by atoms with Gasteiger partial charge in [0.05, 0.1) is 0 Å². The van der Waals surface area contributed by atoms with E-state index in [1.165, 1.54) is 86.5 Å². The topological polar surface area (TPSA) is 0 Å². The highest BCUT2D eigenvalue weighted by Gasteiger charge is 2.20. The van der Waals surface area contributed by atoms with Crippen molar-refractivity contribution in [1.82, 2.24) is 0 Å². The highest BCUT2D eigenvalue weighted by molar-refractivity contribution is 5.52. The van der Waals surface area contributed by atoms with Gasteiger partial charge < -0.3 is 0 Å². The molecule has 0 bridgehead atoms. The first kappa shape index (κ1) is 20.7. The molecule has 26 heavy (non-hydrogen) atoms. The van der Waals surface area contributed by atoms with E-state index in [2.05, 4.69) is 69.3 Å². The molecule has 141 valence electrons. The number of unbranched alkanes of at least 4 members (excludes halogenated alkanes) is 4. The molecular weight excluding hydrogens is 312 g/mol. The summed E-state index contributed by atoms with van der Waals surface area (Å²) in [7, 11) is 0. The second-order valence-electron chi connectivity index (χ2n) is 7.46. The van der Waals surface area contributed by atoms with E-state index >= 15 is 0 Å². The lowest BCUT2D eigenvalue weighted by atomic mass is 9.80. The molecule has 0 atom stereocenters. The van der Waals surface area contributed by atoms with Gasteiger partial charge in [0.15, 0.2) is 0 Å². The third-order valence-electron chi connectivity index (χ3n) is 5.31. The third-order valence-corrected chi connectivity index (χ3v) is 5.31. The average molecular weight is 350 g/mol. The molecule has 0 heterocycles. The Morgan fingerprint density at radius 3 is 1.50 bits per heavy atom. The van der Waals surface area contributed by atoms with Crippen molar-refractivity contribution >= 4 is 0 Å². The van der Waals surface area contributed by atoms with Crippen LogP contribution in [0.25, 0.3) is 0 Å². The Labute approximate surface area is 162 Å². The van der Waals surface area contributed by atoms with Gasteiger partial charge in [-0.3, -0.25) is 0 Å². The summed E-state index contributed by atoms with van der Waals surface area (Å²) in [5, 5.41) is 0. The van der Waals surface area contributed by atoms with Crippen LogP contribution in [0.1, 0.15) is 94.4 Å². The fourth-order valence-corrected chi connectivity index (χ4v) is 3.77. The van der Waals surface area contributed by atoms with Crippen LogP contribution < -0.4 is 0 Å². The summed E-state index contributed by atoms with van der Waals surface area (Å²) < 4.78 is 0. The number of rotatable bonds is 12. The van der Waals surface area contributed by atoms with Crippen molar-refractivity contribution in [2.75, 3.05) is 0 Å². The average Bonchev–Trinajstić information content (AvgIpc) is 2.69. The van der Waals surface area contributed by atoms with E-state index < -0.39 is 0 Å². The molecule has 0 aromatic heterocycles. The minimum atomic E-state index is 1.19. The van der Waals surface area contributed by atoms with E-state index in [0.29, 0.717) is 0 Å². The van der Waals surface area contributed by atoms with Crippen LogP contribution in [0.15, 0.2) is 48.5 Å². The van der Waals surface area contributed by atoms with Crippen LogP contribution in [0.2, 0.25) is 0 Å². The molecule has 1 radical (unpaired) electrons. The van der Waals surface area contributed by atoms with Crippen molar-refractivity contribution in [3.8, 4) is 0 Å². The smallest absolute Gasteiger partial charge is 0.0345 e. The van der Waals surface area contributed by atoms with E-state index in [1.807, 2.05) is 0 Å². The Bertz CT molecular complexity index is 574. The molecule has 0 aliphatic rings. The van der Waals surface area contributed by atoms with E-state index in [4.69, 9.17) is 0 Å². The van der Waals surface area contributed by atoms with Gasteiger partial charge in [-0.05, 0) is 54.4 Å². The van der Waals surface area contributed by atoms with Crippen LogP contribution in [-0.4, -0.2) is 0 Å². The van der Waals surface area contributed by atoms with Gasteiger partial charge in [-0.25, -0.2) is 0 Å². The number of hydrogen-bond donors (Lipinski definition) is 0. The number of hydrogen-bond acceptors (Lipinski definition) is 0. The Morgan fingerprint density at radius 2 is 1.04 bits per heavy atom. The molecule has 0 aliphatic heterocycles. The zero-order chi connectivity index (χ0) is 18.6. The highest BCUT2D eigenvalue weighted by atomic mass is 14.2. The molecule has 0 saturated carbocycles. The molecule has 0 saturated heterocycles. The van der Waals surface area contributed by atoms with Crippen LogP contribution in [0, 0.1) is 5.92 Å². The van der Waals surface area contributed by atoms with Gasteiger partial charge in [0.1, 0.15) is 0 Å². The van der Waals surface area contributed by atoms with Gasteiger partial charge in [0.2, 0.25) is 0 Å². The lowest BCUT2D eigenvalue weighted by Gasteiger charge is -2.23. The van der Waals surface area contributed by atoms with Crippen LogP contribution in [0.4, 0.5) is 0 Å². The summed E-state index contributed by atoms with van der Waals surface area (Å²) in [5.41, 5.74) is 6.07. The Kier molecular flexibility index (Phi) is 9.53. The molecule has 0 heteroatoms. The van der Waals surface area contributed by atoms with Crippen molar-refractivity contribution in [1.29, 1.82) is 0 Å². The van der Waals surface area contributed by atoms with Gasteiger partial charge in [-0.2, -0.15) is 0 Å². The Morgan fingerprint density at radius 1 is 0.577 bits per heavy atom. The predicted molar refractivity (Wildman–Crippen MR) is 116 cm³/mol. The van der Waals surface area contributed by atoms with Crippen LogP contribution >= 0.6 is 0 Å². The van der Waals surface area contributed by atoms with Crippen molar-refractivity contribution < 1.29 is 0 Å². The maximum atomic E-state index is 2.36. The molecule has 2 aromatic rings. The summed E-state index contributed by atoms with van der Waals surface area (Å²) in [4.78, 5) is 0. The third kappa shape index (κ3) is 6.01. The normalized spacial score (nSPS) is 11.2. The summed E-state index contributed by atoms with van der Waals surface area (Å²) in [6.45, 7) is 6.87. The molecule has 0 spiro atoms. The van der Waals surface area contributed by atoms with E-state index in [9.17, 15) is 0 Å². The van der Waals surface area contributed by atoms with Gasteiger partial charge in [0.25, 0.3) is 0 Å². The van der Waals surface area contributed by atoms with Gasteiger partial charge in [-0.1, -0.05) is 101 Å². The van der Waals surface area contributed by atoms with Crippen molar-refractivity contribution in [2.45, 2.75) is 85.0 Å². The van der Waals surface area contributed by atoms with Gasteiger partial charge in [0, 0.05) is 5.92 Å². The quantitative estimate of drug-likeness (QED) is 0.341. The van der Waals surface area contributed by atoms with Crippen molar-refractivity contribution in [3.05, 3.63) is 76.7 Å². The SMILES string of the molecule is CCCCC[C](c1ccccc1CCCC)c1ccccc1CCCC. The van der Waals surface area contributed by atoms with Crippen molar-refractivity contribution in [3.63, 3.8) is 0 Å². The summed E-state index contributed by atoms with van der Waals surface area (Å²) in [6, 6.07) is 18.3. The summed E-state index contributed by atoms with van der Waals surface area (Å²) in [6.07, 6.45) is 12.5. The zero-order valence-corrected chi connectivity index (χ0v) is 17.2. The molecular formula is C26H37. The van der Waals surface area contributed by atoms with E-state index in [-0.39, 0.29) is 0 Å². The Hall–Kier alpha value is -1.56. The first-order chi connectivity index (χ1) is 12.8. The van der Waals surface area contributed by atoms with Crippen LogP contribution in [-0.2, 0) is 12.8 Å². The van der Waals surface area contributed by atoms with E-state index in [0.717, 1.165) is 0 Å². The minimum Gasteiger partial charge on any atom is -0.0654 e. The lowest BCUT2D eigenvalue weighted by Crippen LogP contribution is -2.09. The molecule has 0 nitrogen and oxygen atoms in total. The fourth-order valence-electron chi connectivity index (χ4n) is 3.77. The first-order valence-corrected chi connectivity index (χ1v) is 10.8. The Balaban J connectivity index is 2.38. The molecule has 0 unspecified atom stereocenters. The minimum absolute atomic E-state index is 1.19. The molecule has 0 aliphatic carbocycles. The largest absolute Gasteiger partial charge is 0.0654 e. The second-order valence-corrected chi connectivity index (χ2v) is 7.46. The first-order valence-electron chi connectivity index (χ1n) is 10.8. The summed E-state index contributed by atoms with van der Waals surface area (Å²) >= 11 is 0. The highest BCUT2D eigenvalue weighted by Crippen LogP contribution is 2.34. The number of benzene rings is 2. The zero-order valence-electron chi connectivity index (χ0n) is 17.2. The molecule has 0 N–H and O–H groups in total. The van der Waals surface area contributed by atoms with E-state index in [1.54, 1.807) is 5.92 Å². The molecule has 0 fully saturated rings. The predicted octanol–water partition coefficient (Wildman–Crippen LogP) is 7.92. The molecule has 0 amide bonds. The molecule has 2 rings (SSSR count). The second kappa shape index (κ2) is 11.9. The standard InChI is InChI=1S/C26H37/c1-4-7-10-21-26(24-19-13-11-17-22(24)15-8-5-2)25-20-14-12-18-23(25)16-9-6-3/h11-14,17-20H,4-10,15-16,21H2,1-3H3. The van der Waals surface area contributed by atoms with Crippen LogP contribution in [0.5, 0.6) is 0 Å². The lowest BCUT2D eigenvalue weighted by molar-refractivity contribution is 0.686. The van der Waals surface area contributed by atoms with Gasteiger partial charge in [-0.15, -0.1) is 0 Å².